The summed E-state index contributed by atoms with van der Waals surface area (Å²) in [6.45, 7) is 0.584. The van der Waals surface area contributed by atoms with E-state index in [-0.39, 0.29) is 12.2 Å². The van der Waals surface area contributed by atoms with Crippen molar-refractivity contribution in [3.63, 3.8) is 0 Å². The van der Waals surface area contributed by atoms with E-state index in [1.54, 1.807) is 30.5 Å². The van der Waals surface area contributed by atoms with Crippen LogP contribution in [-0.2, 0) is 13.0 Å². The predicted molar refractivity (Wildman–Crippen MR) is 112 cm³/mol. The average Bonchev–Trinajstić information content (AvgIpc) is 3.11. The van der Waals surface area contributed by atoms with Crippen LogP contribution in [0.1, 0.15) is 21.7 Å². The monoisotopic (exact) mass is 391 g/mol. The number of benzene rings is 2. The van der Waals surface area contributed by atoms with Crippen LogP contribution in [0.4, 0.5) is 11.5 Å². The molecule has 0 unspecified atom stereocenters. The number of nitrogens with one attached hydrogen (secondary N) is 1. The summed E-state index contributed by atoms with van der Waals surface area (Å²) in [5.41, 5.74) is 9.25. The van der Waals surface area contributed by atoms with Gasteiger partial charge in [0.15, 0.2) is 5.76 Å². The number of furan rings is 1. The van der Waals surface area contributed by atoms with Crippen LogP contribution in [0, 0.1) is 0 Å². The number of Topliss-reactive ketones (excluding diaryl/α,β-unsaturated/α-hetero) is 1. The molecule has 28 heavy (non-hydrogen) atoms. The zero-order valence-electron chi connectivity index (χ0n) is 15.0. The molecule has 140 valence electrons. The number of carbonyl (C=O) groups is 1. The molecule has 0 aliphatic carbocycles. The molecular formula is C22H18ClN3O2. The summed E-state index contributed by atoms with van der Waals surface area (Å²) >= 11 is 5.99. The zero-order chi connectivity index (χ0) is 19.5. The average molecular weight is 392 g/mol. The van der Waals surface area contributed by atoms with Gasteiger partial charge < -0.3 is 15.5 Å². The molecule has 0 bridgehead atoms. The molecule has 6 heteroatoms. The number of fused-ring (bicyclic) bond motifs is 1. The third-order valence-electron chi connectivity index (χ3n) is 4.43. The van der Waals surface area contributed by atoms with Gasteiger partial charge in [-0.25, -0.2) is 4.98 Å². The van der Waals surface area contributed by atoms with Gasteiger partial charge in [0.2, 0.25) is 5.78 Å². The van der Waals surface area contributed by atoms with E-state index in [1.807, 2.05) is 36.4 Å². The molecule has 4 rings (SSSR count). The van der Waals surface area contributed by atoms with Crippen LogP contribution in [0.3, 0.4) is 0 Å². The molecule has 0 radical (unpaired) electrons. The molecule has 4 aromatic rings. The fourth-order valence-electron chi connectivity index (χ4n) is 3.04. The van der Waals surface area contributed by atoms with Gasteiger partial charge in [-0.3, -0.25) is 4.79 Å². The Hall–Kier alpha value is -3.31. The Labute approximate surface area is 167 Å². The highest BCUT2D eigenvalue weighted by molar-refractivity contribution is 6.31. The van der Waals surface area contributed by atoms with E-state index in [4.69, 9.17) is 21.8 Å². The maximum atomic E-state index is 12.6. The first-order chi connectivity index (χ1) is 13.6. The third kappa shape index (κ3) is 4.00. The number of carbonyl (C=O) groups excluding carboxylic acids is 1. The number of anilines is 2. The number of hydrogen-bond donors (Lipinski definition) is 2. The van der Waals surface area contributed by atoms with Crippen LogP contribution in [0.5, 0.6) is 0 Å². The minimum absolute atomic E-state index is 0.0751. The smallest absolute Gasteiger partial charge is 0.202 e. The van der Waals surface area contributed by atoms with Crippen molar-refractivity contribution in [1.82, 2.24) is 4.98 Å². The Morgan fingerprint density at radius 2 is 1.93 bits per heavy atom. The largest absolute Gasteiger partial charge is 0.453 e. The number of hydrogen-bond acceptors (Lipinski definition) is 5. The van der Waals surface area contributed by atoms with Crippen LogP contribution < -0.4 is 11.1 Å². The zero-order valence-corrected chi connectivity index (χ0v) is 15.7. The maximum Gasteiger partial charge on any atom is 0.202 e. The summed E-state index contributed by atoms with van der Waals surface area (Å²) in [4.78, 5) is 16.7. The van der Waals surface area contributed by atoms with Gasteiger partial charge in [-0.05, 0) is 47.5 Å². The van der Waals surface area contributed by atoms with Crippen LogP contribution >= 0.6 is 11.6 Å². The van der Waals surface area contributed by atoms with E-state index >= 15 is 0 Å². The highest BCUT2D eigenvalue weighted by Crippen LogP contribution is 2.24. The van der Waals surface area contributed by atoms with Gasteiger partial charge in [0.1, 0.15) is 11.4 Å². The first-order valence-corrected chi connectivity index (χ1v) is 9.21. The molecule has 0 saturated carbocycles. The van der Waals surface area contributed by atoms with E-state index in [2.05, 4.69) is 10.3 Å². The summed E-state index contributed by atoms with van der Waals surface area (Å²) in [5.74, 6) is 0.719. The SMILES string of the molecule is Nc1ncccc1NCc1cccc(CC(=O)c2cc3cc(Cl)ccc3o2)c1. The fraction of sp³-hybridized carbons (Fsp3) is 0.0909. The van der Waals surface area contributed by atoms with Crippen molar-refractivity contribution in [2.45, 2.75) is 13.0 Å². The van der Waals surface area contributed by atoms with Crippen LogP contribution in [0.25, 0.3) is 11.0 Å². The summed E-state index contributed by atoms with van der Waals surface area (Å²) in [6.07, 6.45) is 1.91. The van der Waals surface area contributed by atoms with Gasteiger partial charge >= 0.3 is 0 Å². The van der Waals surface area contributed by atoms with Gasteiger partial charge in [-0.1, -0.05) is 35.9 Å². The Morgan fingerprint density at radius 1 is 1.07 bits per heavy atom. The van der Waals surface area contributed by atoms with Crippen molar-refractivity contribution in [2.75, 3.05) is 11.1 Å². The number of halogens is 1. The molecule has 0 aliphatic rings. The molecule has 3 N–H and O–H groups in total. The standard InChI is InChI=1S/C22H18ClN3O2/c23-17-6-7-20-16(11-17)12-21(28-20)19(27)10-14-3-1-4-15(9-14)13-26-18-5-2-8-25-22(18)24/h1-9,11-12,26H,10,13H2,(H2,24,25). The first kappa shape index (κ1) is 18.1. The van der Waals surface area contributed by atoms with Crippen molar-refractivity contribution in [3.05, 3.63) is 88.8 Å². The van der Waals surface area contributed by atoms with Crippen molar-refractivity contribution >= 4 is 39.9 Å². The Morgan fingerprint density at radius 3 is 2.79 bits per heavy atom. The number of aromatic nitrogens is 1. The Bertz CT molecular complexity index is 1150. The number of pyridine rings is 1. The van der Waals surface area contributed by atoms with Gasteiger partial charge in [0.25, 0.3) is 0 Å². The number of rotatable bonds is 6. The van der Waals surface area contributed by atoms with Gasteiger partial charge in [0, 0.05) is 29.6 Å². The molecular weight excluding hydrogens is 374 g/mol. The van der Waals surface area contributed by atoms with E-state index in [0.717, 1.165) is 22.2 Å². The minimum atomic E-state index is -0.0751. The molecule has 2 heterocycles. The summed E-state index contributed by atoms with van der Waals surface area (Å²) in [6, 6.07) is 18.6. The second kappa shape index (κ2) is 7.74. The summed E-state index contributed by atoms with van der Waals surface area (Å²) in [5, 5.41) is 4.70. The number of nitrogen functional groups attached to an aromatic ring is 1. The van der Waals surface area contributed by atoms with Crippen LogP contribution in [0.15, 0.2) is 71.3 Å². The third-order valence-corrected chi connectivity index (χ3v) is 4.67. The quantitative estimate of drug-likeness (QED) is 0.447. The predicted octanol–water partition coefficient (Wildman–Crippen LogP) is 5.10. The molecule has 0 aliphatic heterocycles. The van der Waals surface area contributed by atoms with Crippen molar-refractivity contribution in [1.29, 1.82) is 0 Å². The minimum Gasteiger partial charge on any atom is -0.453 e. The summed E-state index contributed by atoms with van der Waals surface area (Å²) < 4.78 is 5.66. The van der Waals surface area contributed by atoms with Crippen molar-refractivity contribution in [2.24, 2.45) is 0 Å². The second-order valence-electron chi connectivity index (χ2n) is 6.50. The molecule has 2 aromatic heterocycles. The Balaban J connectivity index is 1.46. The van der Waals surface area contributed by atoms with Gasteiger partial charge in [-0.15, -0.1) is 0 Å². The molecule has 0 amide bonds. The number of nitrogens with zero attached hydrogens (tertiary/aromatic N) is 1. The normalized spacial score (nSPS) is 10.9. The lowest BCUT2D eigenvalue weighted by atomic mass is 10.0. The van der Waals surface area contributed by atoms with Gasteiger partial charge in [0.05, 0.1) is 5.69 Å². The Kier molecular flexibility index (Phi) is 5.00. The highest BCUT2D eigenvalue weighted by atomic mass is 35.5. The van der Waals surface area contributed by atoms with E-state index in [9.17, 15) is 4.79 Å². The second-order valence-corrected chi connectivity index (χ2v) is 6.94. The molecule has 0 saturated heterocycles. The number of nitrogens with two attached hydrogens (primary N) is 1. The molecule has 5 nitrogen and oxygen atoms in total. The van der Waals surface area contributed by atoms with Crippen molar-refractivity contribution < 1.29 is 9.21 Å². The van der Waals surface area contributed by atoms with Crippen molar-refractivity contribution in [3.8, 4) is 0 Å². The van der Waals surface area contributed by atoms with E-state index < -0.39 is 0 Å². The van der Waals surface area contributed by atoms with Gasteiger partial charge in [-0.2, -0.15) is 0 Å². The first-order valence-electron chi connectivity index (χ1n) is 8.83. The summed E-state index contributed by atoms with van der Waals surface area (Å²) in [7, 11) is 0. The van der Waals surface area contributed by atoms with Crippen LogP contribution in [0.2, 0.25) is 5.02 Å². The van der Waals surface area contributed by atoms with E-state index in [1.165, 1.54) is 0 Å². The van der Waals surface area contributed by atoms with Crippen LogP contribution in [-0.4, -0.2) is 10.8 Å². The van der Waals surface area contributed by atoms with E-state index in [0.29, 0.717) is 28.7 Å². The molecule has 2 aromatic carbocycles. The topological polar surface area (TPSA) is 81.1 Å². The lowest BCUT2D eigenvalue weighted by molar-refractivity contribution is 0.0968. The highest BCUT2D eigenvalue weighted by Gasteiger charge is 2.13. The lowest BCUT2D eigenvalue weighted by Crippen LogP contribution is -2.05. The molecule has 0 atom stereocenters. The maximum absolute atomic E-state index is 12.6. The molecule has 0 spiro atoms. The fourth-order valence-corrected chi connectivity index (χ4v) is 3.22. The molecule has 0 fully saturated rings. The number of ketones is 1. The lowest BCUT2D eigenvalue weighted by Gasteiger charge is -2.09.